The Kier molecular flexibility index (Phi) is 6.32. The molecule has 0 radical (unpaired) electrons. The third-order valence-electron chi connectivity index (χ3n) is 3.77. The van der Waals surface area contributed by atoms with Crippen molar-refractivity contribution in [3.8, 4) is 0 Å². The molecule has 0 saturated heterocycles. The molecular weight excluding hydrogens is 242 g/mol. The first-order chi connectivity index (χ1) is 8.91. The molecule has 1 unspecified atom stereocenters. The Morgan fingerprint density at radius 3 is 2.16 bits per heavy atom. The highest BCUT2D eigenvalue weighted by atomic mass is 16.4. The third kappa shape index (κ3) is 5.21. The Morgan fingerprint density at radius 1 is 1.11 bits per heavy atom. The fourth-order valence-electron chi connectivity index (χ4n) is 2.71. The number of carboxylic acids is 1. The Labute approximate surface area is 116 Å². The summed E-state index contributed by atoms with van der Waals surface area (Å²) < 4.78 is 0. The molecule has 4 nitrogen and oxygen atoms in total. The number of rotatable bonds is 6. The van der Waals surface area contributed by atoms with Gasteiger partial charge in [0.25, 0.3) is 0 Å². The molecule has 0 heterocycles. The molecule has 1 rings (SSSR count). The summed E-state index contributed by atoms with van der Waals surface area (Å²) in [4.78, 5) is 25.3. The van der Waals surface area contributed by atoms with Crippen LogP contribution in [0.25, 0.3) is 0 Å². The van der Waals surface area contributed by atoms with Gasteiger partial charge in [-0.2, -0.15) is 0 Å². The van der Waals surface area contributed by atoms with E-state index in [-0.39, 0.29) is 11.8 Å². The maximum atomic E-state index is 12.5. The summed E-state index contributed by atoms with van der Waals surface area (Å²) in [5.41, 5.74) is 0. The summed E-state index contributed by atoms with van der Waals surface area (Å²) in [6, 6.07) is 0. The number of hydrogen-bond acceptors (Lipinski definition) is 2. The zero-order chi connectivity index (χ0) is 14.4. The summed E-state index contributed by atoms with van der Waals surface area (Å²) in [5, 5.41) is 9.02. The van der Waals surface area contributed by atoms with Crippen LogP contribution in [-0.2, 0) is 9.59 Å². The molecule has 1 fully saturated rings. The van der Waals surface area contributed by atoms with Crippen molar-refractivity contribution in [2.24, 2.45) is 17.8 Å². The fraction of sp³-hybridized carbons (Fsp3) is 0.867. The van der Waals surface area contributed by atoms with Crippen molar-refractivity contribution in [3.05, 3.63) is 0 Å². The van der Waals surface area contributed by atoms with Crippen molar-refractivity contribution in [1.29, 1.82) is 0 Å². The van der Waals surface area contributed by atoms with Gasteiger partial charge in [-0.25, -0.2) is 0 Å². The number of hydrogen-bond donors (Lipinski definition) is 1. The van der Waals surface area contributed by atoms with Crippen LogP contribution >= 0.6 is 0 Å². The summed E-state index contributed by atoms with van der Waals surface area (Å²) in [5.74, 6) is -0.667. The fourth-order valence-corrected chi connectivity index (χ4v) is 2.71. The van der Waals surface area contributed by atoms with Gasteiger partial charge in [-0.1, -0.05) is 40.0 Å². The van der Waals surface area contributed by atoms with Crippen molar-refractivity contribution in [2.75, 3.05) is 13.1 Å². The van der Waals surface area contributed by atoms with E-state index in [4.69, 9.17) is 5.11 Å². The lowest BCUT2D eigenvalue weighted by molar-refractivity contribution is -0.144. The van der Waals surface area contributed by atoms with E-state index < -0.39 is 11.9 Å². The lowest BCUT2D eigenvalue weighted by Gasteiger charge is -2.31. The van der Waals surface area contributed by atoms with Gasteiger partial charge in [-0.05, 0) is 18.8 Å². The minimum atomic E-state index is -0.829. The topological polar surface area (TPSA) is 57.6 Å². The maximum absolute atomic E-state index is 12.5. The van der Waals surface area contributed by atoms with Crippen molar-refractivity contribution < 1.29 is 14.7 Å². The molecule has 0 bridgehead atoms. The van der Waals surface area contributed by atoms with Gasteiger partial charge in [-0.3, -0.25) is 9.59 Å². The average molecular weight is 269 g/mol. The van der Waals surface area contributed by atoms with Gasteiger partial charge >= 0.3 is 5.97 Å². The van der Waals surface area contributed by atoms with E-state index in [0.29, 0.717) is 19.0 Å². The highest BCUT2D eigenvalue weighted by Gasteiger charge is 2.28. The molecular formula is C15H27NO3. The van der Waals surface area contributed by atoms with Crippen molar-refractivity contribution in [2.45, 2.75) is 52.9 Å². The van der Waals surface area contributed by atoms with E-state index in [0.717, 1.165) is 25.7 Å². The van der Waals surface area contributed by atoms with Gasteiger partial charge in [0.2, 0.25) is 5.91 Å². The minimum Gasteiger partial charge on any atom is -0.481 e. The largest absolute Gasteiger partial charge is 0.481 e. The monoisotopic (exact) mass is 269 g/mol. The van der Waals surface area contributed by atoms with Crippen molar-refractivity contribution >= 4 is 11.9 Å². The van der Waals surface area contributed by atoms with Gasteiger partial charge < -0.3 is 10.0 Å². The van der Waals surface area contributed by atoms with Crippen LogP contribution in [0.1, 0.15) is 52.9 Å². The number of carbonyl (C=O) groups is 2. The Balaban J connectivity index is 2.65. The van der Waals surface area contributed by atoms with E-state index in [2.05, 4.69) is 13.8 Å². The molecule has 4 heteroatoms. The Hall–Kier alpha value is -1.06. The second-order valence-electron chi connectivity index (χ2n) is 6.21. The van der Waals surface area contributed by atoms with Crippen LogP contribution in [0.3, 0.4) is 0 Å². The lowest BCUT2D eigenvalue weighted by atomic mass is 9.88. The lowest BCUT2D eigenvalue weighted by Crippen LogP contribution is -2.42. The van der Waals surface area contributed by atoms with E-state index in [1.165, 1.54) is 6.42 Å². The predicted octanol–water partition coefficient (Wildman–Crippen LogP) is 2.77. The number of aliphatic carboxylic acids is 1. The van der Waals surface area contributed by atoms with E-state index in [9.17, 15) is 9.59 Å². The summed E-state index contributed by atoms with van der Waals surface area (Å²) in [6.45, 7) is 6.79. The highest BCUT2D eigenvalue weighted by Crippen LogP contribution is 2.26. The van der Waals surface area contributed by atoms with Crippen LogP contribution in [0.15, 0.2) is 0 Å². The van der Waals surface area contributed by atoms with Crippen molar-refractivity contribution in [3.63, 3.8) is 0 Å². The first kappa shape index (κ1) is 16.0. The van der Waals surface area contributed by atoms with E-state index in [1.807, 2.05) is 0 Å². The van der Waals surface area contributed by atoms with Crippen LogP contribution in [0.4, 0.5) is 0 Å². The van der Waals surface area contributed by atoms with E-state index >= 15 is 0 Å². The molecule has 0 aliphatic heterocycles. The van der Waals surface area contributed by atoms with Gasteiger partial charge in [0, 0.05) is 19.0 Å². The Bertz CT molecular complexity index is 309. The molecule has 0 aromatic rings. The molecule has 19 heavy (non-hydrogen) atoms. The zero-order valence-electron chi connectivity index (χ0n) is 12.4. The molecule has 0 spiro atoms. The third-order valence-corrected chi connectivity index (χ3v) is 3.77. The molecule has 1 amide bonds. The maximum Gasteiger partial charge on any atom is 0.308 e. The van der Waals surface area contributed by atoms with Gasteiger partial charge in [-0.15, -0.1) is 0 Å². The SMILES string of the molecule is CC(C)CN(CC(C)C(=O)O)C(=O)C1CCCCC1. The average Bonchev–Trinajstić information content (AvgIpc) is 2.37. The smallest absolute Gasteiger partial charge is 0.308 e. The number of carboxylic acid groups (broad SMARTS) is 1. The Morgan fingerprint density at radius 2 is 1.68 bits per heavy atom. The van der Waals surface area contributed by atoms with Crippen LogP contribution in [0.2, 0.25) is 0 Å². The molecule has 1 N–H and O–H groups in total. The van der Waals surface area contributed by atoms with Crippen LogP contribution < -0.4 is 0 Å². The molecule has 0 aromatic heterocycles. The first-order valence-electron chi connectivity index (χ1n) is 7.43. The van der Waals surface area contributed by atoms with Crippen LogP contribution in [0.5, 0.6) is 0 Å². The molecule has 1 atom stereocenters. The minimum absolute atomic E-state index is 0.119. The number of amides is 1. The van der Waals surface area contributed by atoms with E-state index in [1.54, 1.807) is 11.8 Å². The van der Waals surface area contributed by atoms with Gasteiger partial charge in [0.15, 0.2) is 0 Å². The van der Waals surface area contributed by atoms with Gasteiger partial charge in [0.1, 0.15) is 0 Å². The molecule has 1 aliphatic carbocycles. The molecule has 0 aromatic carbocycles. The highest BCUT2D eigenvalue weighted by molar-refractivity contribution is 5.80. The number of carbonyl (C=O) groups excluding carboxylic acids is 1. The summed E-state index contributed by atoms with van der Waals surface area (Å²) in [6.07, 6.45) is 5.41. The summed E-state index contributed by atoms with van der Waals surface area (Å²) >= 11 is 0. The number of nitrogens with zero attached hydrogens (tertiary/aromatic N) is 1. The van der Waals surface area contributed by atoms with Crippen LogP contribution in [-0.4, -0.2) is 35.0 Å². The van der Waals surface area contributed by atoms with Crippen molar-refractivity contribution in [1.82, 2.24) is 4.90 Å². The van der Waals surface area contributed by atoms with Crippen LogP contribution in [0, 0.1) is 17.8 Å². The molecule has 1 aliphatic rings. The quantitative estimate of drug-likeness (QED) is 0.806. The standard InChI is InChI=1S/C15H27NO3/c1-11(2)9-16(10-12(3)15(18)19)14(17)13-7-5-4-6-8-13/h11-13H,4-10H2,1-3H3,(H,18,19). The normalized spacial score (nSPS) is 18.3. The second-order valence-corrected chi connectivity index (χ2v) is 6.21. The molecule has 110 valence electrons. The summed E-state index contributed by atoms with van der Waals surface area (Å²) in [7, 11) is 0. The first-order valence-corrected chi connectivity index (χ1v) is 7.43. The zero-order valence-corrected chi connectivity index (χ0v) is 12.4. The molecule has 1 saturated carbocycles. The second kappa shape index (κ2) is 7.51. The predicted molar refractivity (Wildman–Crippen MR) is 74.8 cm³/mol. The van der Waals surface area contributed by atoms with Gasteiger partial charge in [0.05, 0.1) is 5.92 Å².